The third kappa shape index (κ3) is 3.10. The average molecular weight is 284 g/mol. The first-order valence-corrected chi connectivity index (χ1v) is 7.70. The maximum Gasteiger partial charge on any atom is 0.196 e. The number of carbonyl (C=O) groups is 1. The molecule has 0 fully saturated rings. The summed E-state index contributed by atoms with van der Waals surface area (Å²) in [7, 11) is 0. The van der Waals surface area contributed by atoms with Crippen molar-refractivity contribution in [1.29, 1.82) is 0 Å². The molecule has 2 rings (SSSR count). The van der Waals surface area contributed by atoms with Gasteiger partial charge in [-0.15, -0.1) is 0 Å². The van der Waals surface area contributed by atoms with Gasteiger partial charge in [0.1, 0.15) is 5.76 Å². The van der Waals surface area contributed by atoms with Gasteiger partial charge in [-0.2, -0.15) is 0 Å². The van der Waals surface area contributed by atoms with Gasteiger partial charge in [-0.3, -0.25) is 4.79 Å². The molecule has 0 aliphatic rings. The lowest BCUT2D eigenvalue weighted by Crippen LogP contribution is -2.08. The van der Waals surface area contributed by atoms with E-state index in [0.717, 1.165) is 23.3 Å². The normalized spacial score (nSPS) is 11.4. The molecule has 0 atom stereocenters. The third-order valence-corrected chi connectivity index (χ3v) is 3.92. The number of ketones is 1. The Labute approximate surface area is 127 Å². The first-order valence-electron chi connectivity index (χ1n) is 7.70. The van der Waals surface area contributed by atoms with Crippen molar-refractivity contribution < 1.29 is 9.21 Å². The summed E-state index contributed by atoms with van der Waals surface area (Å²) in [6, 6.07) is 7.99. The minimum absolute atomic E-state index is 0.0691. The predicted octanol–water partition coefficient (Wildman–Crippen LogP) is 5.32. The van der Waals surface area contributed by atoms with Gasteiger partial charge in [-0.25, -0.2) is 0 Å². The summed E-state index contributed by atoms with van der Waals surface area (Å²) >= 11 is 0. The molecule has 0 saturated heterocycles. The molecule has 0 amide bonds. The van der Waals surface area contributed by atoms with Crippen LogP contribution in [0.4, 0.5) is 0 Å². The van der Waals surface area contributed by atoms with E-state index in [9.17, 15) is 4.79 Å². The molecule has 1 heterocycles. The second-order valence-corrected chi connectivity index (χ2v) is 6.10. The zero-order valence-corrected chi connectivity index (χ0v) is 13.6. The van der Waals surface area contributed by atoms with E-state index >= 15 is 0 Å². The molecule has 1 aromatic heterocycles. The van der Waals surface area contributed by atoms with Crippen molar-refractivity contribution in [2.45, 2.75) is 52.9 Å². The van der Waals surface area contributed by atoms with Crippen molar-refractivity contribution in [2.75, 3.05) is 0 Å². The van der Waals surface area contributed by atoms with E-state index in [-0.39, 0.29) is 5.78 Å². The maximum absolute atomic E-state index is 12.8. The molecule has 2 aromatic rings. The van der Waals surface area contributed by atoms with Crippen LogP contribution in [0.15, 0.2) is 34.9 Å². The molecule has 2 heteroatoms. The Kier molecular flexibility index (Phi) is 4.66. The Morgan fingerprint density at radius 2 is 1.76 bits per heavy atom. The van der Waals surface area contributed by atoms with Crippen molar-refractivity contribution in [2.24, 2.45) is 0 Å². The van der Waals surface area contributed by atoms with Crippen molar-refractivity contribution in [3.63, 3.8) is 0 Å². The van der Waals surface area contributed by atoms with Crippen LogP contribution in [0.5, 0.6) is 0 Å². The van der Waals surface area contributed by atoms with Crippen molar-refractivity contribution >= 4 is 5.78 Å². The number of furan rings is 1. The Morgan fingerprint density at radius 3 is 2.33 bits per heavy atom. The molecular formula is C19H24O2. The van der Waals surface area contributed by atoms with Gasteiger partial charge in [0.15, 0.2) is 5.78 Å². The molecule has 0 aliphatic heterocycles. The van der Waals surface area contributed by atoms with Crippen molar-refractivity contribution in [1.82, 2.24) is 0 Å². The Hall–Kier alpha value is -1.83. The molecular weight excluding hydrogens is 260 g/mol. The molecule has 112 valence electrons. The maximum atomic E-state index is 12.8. The van der Waals surface area contributed by atoms with E-state index in [1.54, 1.807) is 12.3 Å². The van der Waals surface area contributed by atoms with Crippen molar-refractivity contribution in [3.05, 3.63) is 58.5 Å². The Morgan fingerprint density at radius 1 is 1.05 bits per heavy atom. The molecule has 0 bridgehead atoms. The smallest absolute Gasteiger partial charge is 0.196 e. The fourth-order valence-corrected chi connectivity index (χ4v) is 2.59. The molecule has 1 aromatic carbocycles. The highest BCUT2D eigenvalue weighted by atomic mass is 16.3. The fraction of sp³-hybridized carbons (Fsp3) is 0.421. The molecule has 2 nitrogen and oxygen atoms in total. The summed E-state index contributed by atoms with van der Waals surface area (Å²) in [5, 5.41) is 0. The van der Waals surface area contributed by atoms with E-state index in [1.807, 2.05) is 13.0 Å². The second-order valence-electron chi connectivity index (χ2n) is 6.10. The van der Waals surface area contributed by atoms with Gasteiger partial charge in [0.25, 0.3) is 0 Å². The highest BCUT2D eigenvalue weighted by Crippen LogP contribution is 2.27. The first kappa shape index (κ1) is 15.6. The first-order chi connectivity index (χ1) is 9.95. The fourth-order valence-electron chi connectivity index (χ4n) is 2.59. The van der Waals surface area contributed by atoms with Gasteiger partial charge in [0.05, 0.1) is 11.8 Å². The van der Waals surface area contributed by atoms with Gasteiger partial charge < -0.3 is 4.42 Å². The zero-order valence-electron chi connectivity index (χ0n) is 13.6. The number of benzene rings is 1. The Bertz CT molecular complexity index is 633. The van der Waals surface area contributed by atoms with Crippen LogP contribution < -0.4 is 0 Å². The van der Waals surface area contributed by atoms with Crippen LogP contribution >= 0.6 is 0 Å². The van der Waals surface area contributed by atoms with E-state index < -0.39 is 0 Å². The third-order valence-electron chi connectivity index (χ3n) is 3.92. The summed E-state index contributed by atoms with van der Waals surface area (Å²) in [6.07, 6.45) is 2.33. The van der Waals surface area contributed by atoms with Crippen LogP contribution in [-0.4, -0.2) is 5.78 Å². The van der Waals surface area contributed by atoms with Crippen LogP contribution in [-0.2, 0) is 6.42 Å². The quantitative estimate of drug-likeness (QED) is 0.695. The number of rotatable bonds is 5. The summed E-state index contributed by atoms with van der Waals surface area (Å²) in [4.78, 5) is 12.8. The summed E-state index contributed by atoms with van der Waals surface area (Å²) in [6.45, 7) is 10.6. The monoisotopic (exact) mass is 284 g/mol. The topological polar surface area (TPSA) is 30.2 Å². The van der Waals surface area contributed by atoms with E-state index in [1.165, 1.54) is 5.56 Å². The molecule has 0 aliphatic carbocycles. The second kappa shape index (κ2) is 6.30. The highest BCUT2D eigenvalue weighted by molar-refractivity contribution is 6.10. The van der Waals surface area contributed by atoms with Gasteiger partial charge in [0, 0.05) is 12.0 Å². The molecule has 21 heavy (non-hydrogen) atoms. The minimum Gasteiger partial charge on any atom is -0.469 e. The van der Waals surface area contributed by atoms with Crippen LogP contribution in [0.3, 0.4) is 0 Å². The summed E-state index contributed by atoms with van der Waals surface area (Å²) < 4.78 is 5.40. The lowest BCUT2D eigenvalue weighted by molar-refractivity contribution is 0.103. The number of aryl methyl sites for hydroxylation is 1. The van der Waals surface area contributed by atoms with E-state index in [2.05, 4.69) is 39.8 Å². The van der Waals surface area contributed by atoms with Crippen LogP contribution in [0.25, 0.3) is 0 Å². The Balaban J connectivity index is 2.50. The lowest BCUT2D eigenvalue weighted by Gasteiger charge is -2.15. The molecule has 0 unspecified atom stereocenters. The standard InChI is InChI=1S/C19H24O2/c1-6-18-16(9-10-21-18)19(20)15-8-7-14(12(2)3)11-17(15)13(4)5/h7-13H,6H2,1-5H3. The zero-order chi connectivity index (χ0) is 15.6. The molecule has 0 radical (unpaired) electrons. The highest BCUT2D eigenvalue weighted by Gasteiger charge is 2.20. The number of hydrogen-bond acceptors (Lipinski definition) is 2. The van der Waals surface area contributed by atoms with E-state index in [4.69, 9.17) is 4.42 Å². The van der Waals surface area contributed by atoms with Crippen LogP contribution in [0.2, 0.25) is 0 Å². The molecule has 0 spiro atoms. The predicted molar refractivity (Wildman–Crippen MR) is 86.1 cm³/mol. The average Bonchev–Trinajstić information content (AvgIpc) is 2.94. The minimum atomic E-state index is 0.0691. The van der Waals surface area contributed by atoms with Gasteiger partial charge in [0.2, 0.25) is 0 Å². The van der Waals surface area contributed by atoms with Crippen molar-refractivity contribution in [3.8, 4) is 0 Å². The number of hydrogen-bond donors (Lipinski definition) is 0. The number of carbonyl (C=O) groups excluding carboxylic acids is 1. The SMILES string of the molecule is CCc1occc1C(=O)c1ccc(C(C)C)cc1C(C)C. The summed E-state index contributed by atoms with van der Waals surface area (Å²) in [5.41, 5.74) is 3.88. The molecule has 0 saturated carbocycles. The van der Waals surface area contributed by atoms with Crippen LogP contribution in [0, 0.1) is 0 Å². The lowest BCUT2D eigenvalue weighted by atomic mass is 9.88. The summed E-state index contributed by atoms with van der Waals surface area (Å²) in [5.74, 6) is 1.62. The van der Waals surface area contributed by atoms with Gasteiger partial charge >= 0.3 is 0 Å². The van der Waals surface area contributed by atoms with Gasteiger partial charge in [-0.1, -0.05) is 52.8 Å². The molecule has 0 N–H and O–H groups in total. The largest absolute Gasteiger partial charge is 0.469 e. The van der Waals surface area contributed by atoms with E-state index in [0.29, 0.717) is 17.4 Å². The van der Waals surface area contributed by atoms with Gasteiger partial charge in [-0.05, 0) is 29.0 Å². The van der Waals surface area contributed by atoms with Crippen LogP contribution in [0.1, 0.15) is 79.3 Å².